The van der Waals surface area contributed by atoms with Crippen LogP contribution in [0.3, 0.4) is 0 Å². The van der Waals surface area contributed by atoms with Gasteiger partial charge in [-0.3, -0.25) is 4.98 Å². The predicted molar refractivity (Wildman–Crippen MR) is 86.4 cm³/mol. The third kappa shape index (κ3) is 2.22. The Bertz CT molecular complexity index is 794. The van der Waals surface area contributed by atoms with Crippen molar-refractivity contribution >= 4 is 10.8 Å². The molecule has 0 N–H and O–H groups in total. The molecule has 0 radical (unpaired) electrons. The van der Waals surface area contributed by atoms with Crippen LogP contribution in [0, 0.1) is 0 Å². The summed E-state index contributed by atoms with van der Waals surface area (Å²) in [7, 11) is 2.18. The van der Waals surface area contributed by atoms with Crippen LogP contribution in [0.5, 0.6) is 0 Å². The molecule has 1 aliphatic heterocycles. The summed E-state index contributed by atoms with van der Waals surface area (Å²) in [4.78, 5) is 7.12. The van der Waals surface area contributed by atoms with E-state index in [1.165, 1.54) is 27.6 Å². The van der Waals surface area contributed by atoms with Crippen LogP contribution in [0.25, 0.3) is 10.8 Å². The van der Waals surface area contributed by atoms with E-state index >= 15 is 0 Å². The summed E-state index contributed by atoms with van der Waals surface area (Å²) < 4.78 is 0. The fourth-order valence-corrected chi connectivity index (χ4v) is 3.33. The van der Waals surface area contributed by atoms with Crippen LogP contribution in [0.1, 0.15) is 22.7 Å². The first kappa shape index (κ1) is 12.5. The van der Waals surface area contributed by atoms with E-state index in [9.17, 15) is 0 Å². The first-order valence-electron chi connectivity index (χ1n) is 7.42. The van der Waals surface area contributed by atoms with Crippen LogP contribution in [-0.2, 0) is 6.54 Å². The molecule has 2 heteroatoms. The summed E-state index contributed by atoms with van der Waals surface area (Å²) >= 11 is 0. The van der Waals surface area contributed by atoms with Crippen LogP contribution >= 0.6 is 0 Å². The Labute approximate surface area is 125 Å². The molecule has 0 saturated heterocycles. The number of nitrogens with zero attached hydrogens (tertiary/aromatic N) is 2. The van der Waals surface area contributed by atoms with Crippen LogP contribution in [0.2, 0.25) is 0 Å². The van der Waals surface area contributed by atoms with E-state index in [-0.39, 0.29) is 0 Å². The van der Waals surface area contributed by atoms with Crippen molar-refractivity contribution in [1.29, 1.82) is 0 Å². The number of fused-ring (bicyclic) bond motifs is 2. The molecule has 0 saturated carbocycles. The number of pyridine rings is 1. The van der Waals surface area contributed by atoms with E-state index in [0.29, 0.717) is 5.92 Å². The molecule has 1 atom stereocenters. The third-order valence-electron chi connectivity index (χ3n) is 4.37. The third-order valence-corrected chi connectivity index (χ3v) is 4.37. The molecule has 0 fully saturated rings. The summed E-state index contributed by atoms with van der Waals surface area (Å²) in [6.07, 6.45) is 2.00. The lowest BCUT2D eigenvalue weighted by Crippen LogP contribution is -2.31. The molecule has 1 aromatic heterocycles. The van der Waals surface area contributed by atoms with Gasteiger partial charge in [-0.1, -0.05) is 48.5 Å². The number of hydrogen-bond acceptors (Lipinski definition) is 2. The standard InChI is InChI=1S/C19H18N2/c1-21-12-16-8-4-5-9-17(16)18(13-21)19-10-14-6-2-3-7-15(14)11-20-19/h2-11,18H,12-13H2,1H3. The molecule has 0 aliphatic carbocycles. The number of aromatic nitrogens is 1. The van der Waals surface area contributed by atoms with Gasteiger partial charge in [-0.05, 0) is 29.6 Å². The number of hydrogen-bond donors (Lipinski definition) is 0. The van der Waals surface area contributed by atoms with Crippen LogP contribution < -0.4 is 0 Å². The van der Waals surface area contributed by atoms with Crippen LogP contribution in [-0.4, -0.2) is 23.5 Å². The highest BCUT2D eigenvalue weighted by Crippen LogP contribution is 2.32. The van der Waals surface area contributed by atoms with E-state index < -0.39 is 0 Å². The first-order valence-corrected chi connectivity index (χ1v) is 7.42. The lowest BCUT2D eigenvalue weighted by molar-refractivity contribution is 0.293. The smallest absolute Gasteiger partial charge is 0.0497 e. The van der Waals surface area contributed by atoms with Gasteiger partial charge < -0.3 is 4.90 Å². The lowest BCUT2D eigenvalue weighted by Gasteiger charge is -2.32. The lowest BCUT2D eigenvalue weighted by atomic mass is 9.87. The Balaban J connectivity index is 1.84. The molecular formula is C19H18N2. The summed E-state index contributed by atoms with van der Waals surface area (Å²) in [5.74, 6) is 0.365. The normalized spacial score (nSPS) is 18.6. The van der Waals surface area contributed by atoms with E-state index in [2.05, 4.69) is 66.5 Å². The Morgan fingerprint density at radius 2 is 1.76 bits per heavy atom. The van der Waals surface area contributed by atoms with Crippen molar-refractivity contribution in [2.45, 2.75) is 12.5 Å². The summed E-state index contributed by atoms with van der Waals surface area (Å²) in [5, 5.41) is 2.48. The van der Waals surface area contributed by atoms with Crippen molar-refractivity contribution in [1.82, 2.24) is 9.88 Å². The minimum absolute atomic E-state index is 0.365. The van der Waals surface area contributed by atoms with Gasteiger partial charge in [0.1, 0.15) is 0 Å². The molecule has 0 spiro atoms. The maximum atomic E-state index is 4.74. The second kappa shape index (κ2) is 4.97. The van der Waals surface area contributed by atoms with Crippen molar-refractivity contribution in [3.05, 3.63) is 77.6 Å². The summed E-state index contributed by atoms with van der Waals surface area (Å²) in [5.41, 5.74) is 4.03. The molecular weight excluding hydrogens is 256 g/mol. The fraction of sp³-hybridized carbons (Fsp3) is 0.211. The highest BCUT2D eigenvalue weighted by atomic mass is 15.1. The van der Waals surface area contributed by atoms with Gasteiger partial charge >= 0.3 is 0 Å². The maximum Gasteiger partial charge on any atom is 0.0497 e. The van der Waals surface area contributed by atoms with Gasteiger partial charge in [0, 0.05) is 36.3 Å². The van der Waals surface area contributed by atoms with E-state index in [4.69, 9.17) is 4.98 Å². The zero-order valence-electron chi connectivity index (χ0n) is 12.2. The van der Waals surface area contributed by atoms with Gasteiger partial charge in [-0.2, -0.15) is 0 Å². The van der Waals surface area contributed by atoms with Crippen LogP contribution in [0.4, 0.5) is 0 Å². The van der Waals surface area contributed by atoms with Crippen molar-refractivity contribution in [2.75, 3.05) is 13.6 Å². The van der Waals surface area contributed by atoms with Crippen molar-refractivity contribution < 1.29 is 0 Å². The predicted octanol–water partition coefficient (Wildman–Crippen LogP) is 3.81. The SMILES string of the molecule is CN1Cc2ccccc2C(c2cc3ccccc3cn2)C1. The second-order valence-corrected chi connectivity index (χ2v) is 5.90. The zero-order valence-corrected chi connectivity index (χ0v) is 12.2. The zero-order chi connectivity index (χ0) is 14.2. The molecule has 1 unspecified atom stereocenters. The Kier molecular flexibility index (Phi) is 2.97. The average Bonchev–Trinajstić information content (AvgIpc) is 2.53. The van der Waals surface area contributed by atoms with Gasteiger partial charge in [0.05, 0.1) is 0 Å². The largest absolute Gasteiger partial charge is 0.301 e. The van der Waals surface area contributed by atoms with E-state index in [1.54, 1.807) is 0 Å². The van der Waals surface area contributed by atoms with Gasteiger partial charge in [0.2, 0.25) is 0 Å². The van der Waals surface area contributed by atoms with Crippen LogP contribution in [0.15, 0.2) is 60.8 Å². The number of benzene rings is 2. The van der Waals surface area contributed by atoms with Gasteiger partial charge in [-0.15, -0.1) is 0 Å². The minimum Gasteiger partial charge on any atom is -0.301 e. The second-order valence-electron chi connectivity index (χ2n) is 5.90. The van der Waals surface area contributed by atoms with Crippen molar-refractivity contribution in [3.8, 4) is 0 Å². The molecule has 0 amide bonds. The molecule has 21 heavy (non-hydrogen) atoms. The summed E-state index contributed by atoms with van der Waals surface area (Å²) in [6.45, 7) is 2.06. The first-order chi connectivity index (χ1) is 10.3. The van der Waals surface area contributed by atoms with Crippen molar-refractivity contribution in [2.24, 2.45) is 0 Å². The molecule has 1 aliphatic rings. The maximum absolute atomic E-state index is 4.74. The highest BCUT2D eigenvalue weighted by molar-refractivity contribution is 5.82. The number of rotatable bonds is 1. The molecule has 4 rings (SSSR count). The molecule has 3 aromatic rings. The van der Waals surface area contributed by atoms with E-state index in [0.717, 1.165) is 13.1 Å². The Hall–Kier alpha value is -2.19. The monoisotopic (exact) mass is 274 g/mol. The van der Waals surface area contributed by atoms with Gasteiger partial charge in [0.25, 0.3) is 0 Å². The molecule has 2 nitrogen and oxygen atoms in total. The number of likely N-dealkylation sites (N-methyl/N-ethyl adjacent to an activating group) is 1. The molecule has 2 aromatic carbocycles. The average molecular weight is 274 g/mol. The van der Waals surface area contributed by atoms with Gasteiger partial charge in [-0.25, -0.2) is 0 Å². The minimum atomic E-state index is 0.365. The topological polar surface area (TPSA) is 16.1 Å². The summed E-state index contributed by atoms with van der Waals surface area (Å²) in [6, 6.07) is 19.4. The Morgan fingerprint density at radius 1 is 1.00 bits per heavy atom. The van der Waals surface area contributed by atoms with E-state index in [1.807, 2.05) is 6.20 Å². The fourth-order valence-electron chi connectivity index (χ4n) is 3.33. The Morgan fingerprint density at radius 3 is 2.67 bits per heavy atom. The quantitative estimate of drug-likeness (QED) is 0.671. The highest BCUT2D eigenvalue weighted by Gasteiger charge is 2.25. The molecule has 2 heterocycles. The molecule has 104 valence electrons. The van der Waals surface area contributed by atoms with Crippen molar-refractivity contribution in [3.63, 3.8) is 0 Å². The van der Waals surface area contributed by atoms with Gasteiger partial charge in [0.15, 0.2) is 0 Å². The molecule has 0 bridgehead atoms.